The number of rotatable bonds is 3. The van der Waals surface area contributed by atoms with Crippen molar-refractivity contribution >= 4 is 22.9 Å². The van der Waals surface area contributed by atoms with Crippen LogP contribution in [0.1, 0.15) is 29.4 Å². The van der Waals surface area contributed by atoms with Gasteiger partial charge < -0.3 is 5.11 Å². The maximum atomic E-state index is 10.5. The Hall–Kier alpha value is -0.830. The molecule has 1 atom stereocenters. The van der Waals surface area contributed by atoms with Gasteiger partial charge in [0.15, 0.2) is 0 Å². The molecule has 1 aromatic heterocycles. The van der Waals surface area contributed by atoms with Crippen molar-refractivity contribution < 1.29 is 5.11 Å². The van der Waals surface area contributed by atoms with Crippen molar-refractivity contribution in [1.82, 2.24) is 0 Å². The summed E-state index contributed by atoms with van der Waals surface area (Å²) in [6.07, 6.45) is 1.67. The molecule has 1 saturated carbocycles. The molecule has 17 heavy (non-hydrogen) atoms. The summed E-state index contributed by atoms with van der Waals surface area (Å²) in [5.41, 5.74) is 1.16. The first-order chi connectivity index (χ1) is 8.22. The molecule has 1 N–H and O–H groups in total. The molecule has 1 aromatic carbocycles. The molecular formula is C14H13ClOS. The molecule has 1 nitrogen and oxygen atoms in total. The molecule has 3 heteroatoms. The van der Waals surface area contributed by atoms with E-state index in [9.17, 15) is 5.11 Å². The van der Waals surface area contributed by atoms with Crippen LogP contribution in [-0.4, -0.2) is 5.11 Å². The summed E-state index contributed by atoms with van der Waals surface area (Å²) in [6, 6.07) is 14.1. The Morgan fingerprint density at radius 2 is 1.82 bits per heavy atom. The van der Waals surface area contributed by atoms with E-state index in [0.717, 1.165) is 22.1 Å². The van der Waals surface area contributed by atoms with E-state index in [1.165, 1.54) is 16.9 Å². The molecule has 2 aromatic rings. The van der Waals surface area contributed by atoms with Crippen LogP contribution in [-0.2, 0) is 5.41 Å². The second kappa shape index (κ2) is 4.13. The molecule has 0 bridgehead atoms. The highest BCUT2D eigenvalue weighted by Crippen LogP contribution is 2.57. The summed E-state index contributed by atoms with van der Waals surface area (Å²) < 4.78 is 0.739. The maximum absolute atomic E-state index is 10.5. The van der Waals surface area contributed by atoms with E-state index >= 15 is 0 Å². The highest BCUT2D eigenvalue weighted by molar-refractivity contribution is 7.16. The lowest BCUT2D eigenvalue weighted by Crippen LogP contribution is -2.17. The van der Waals surface area contributed by atoms with E-state index in [4.69, 9.17) is 11.6 Å². The molecule has 1 heterocycles. The van der Waals surface area contributed by atoms with Crippen LogP contribution in [0.15, 0.2) is 42.5 Å². The van der Waals surface area contributed by atoms with Gasteiger partial charge in [0.1, 0.15) is 0 Å². The molecule has 0 aliphatic heterocycles. The van der Waals surface area contributed by atoms with Crippen molar-refractivity contribution in [2.45, 2.75) is 24.4 Å². The molecule has 0 amide bonds. The van der Waals surface area contributed by atoms with Crippen LogP contribution < -0.4 is 0 Å². The number of aliphatic hydroxyl groups is 1. The van der Waals surface area contributed by atoms with Gasteiger partial charge >= 0.3 is 0 Å². The first-order valence-corrected chi connectivity index (χ1v) is 6.91. The lowest BCUT2D eigenvalue weighted by atomic mass is 9.89. The van der Waals surface area contributed by atoms with Gasteiger partial charge in [-0.1, -0.05) is 41.9 Å². The third-order valence-corrected chi connectivity index (χ3v) is 4.81. The van der Waals surface area contributed by atoms with Gasteiger partial charge in [0.2, 0.25) is 0 Å². The van der Waals surface area contributed by atoms with Crippen LogP contribution in [0, 0.1) is 0 Å². The van der Waals surface area contributed by atoms with E-state index in [1.807, 2.05) is 30.3 Å². The van der Waals surface area contributed by atoms with E-state index in [-0.39, 0.29) is 5.41 Å². The minimum absolute atomic E-state index is 0.0740. The standard InChI is InChI=1S/C14H13ClOS/c15-12-7-6-11(17-12)13(16)14(8-9-14)10-4-2-1-3-5-10/h1-7,13,16H,8-9H2. The third-order valence-electron chi connectivity index (χ3n) is 3.52. The quantitative estimate of drug-likeness (QED) is 0.882. The number of halogens is 1. The fourth-order valence-electron chi connectivity index (χ4n) is 2.37. The first kappa shape index (κ1) is 11.3. The Morgan fingerprint density at radius 1 is 1.12 bits per heavy atom. The Balaban J connectivity index is 1.94. The summed E-state index contributed by atoms with van der Waals surface area (Å²) in [5, 5.41) is 10.5. The normalized spacial score (nSPS) is 18.9. The number of benzene rings is 1. The lowest BCUT2D eigenvalue weighted by Gasteiger charge is -2.21. The van der Waals surface area contributed by atoms with E-state index in [0.29, 0.717) is 0 Å². The van der Waals surface area contributed by atoms with Gasteiger partial charge in [0.05, 0.1) is 10.4 Å². The van der Waals surface area contributed by atoms with Gasteiger partial charge in [-0.15, -0.1) is 11.3 Å². The molecule has 3 rings (SSSR count). The van der Waals surface area contributed by atoms with Crippen molar-refractivity contribution in [3.63, 3.8) is 0 Å². The van der Waals surface area contributed by atoms with Gasteiger partial charge in [-0.3, -0.25) is 0 Å². The summed E-state index contributed by atoms with van der Waals surface area (Å²) >= 11 is 7.40. The predicted molar refractivity (Wildman–Crippen MR) is 71.6 cm³/mol. The molecule has 0 radical (unpaired) electrons. The number of hydrogen-bond acceptors (Lipinski definition) is 2. The fourth-order valence-corrected chi connectivity index (χ4v) is 3.54. The van der Waals surface area contributed by atoms with Gasteiger partial charge in [-0.2, -0.15) is 0 Å². The number of thiophene rings is 1. The summed E-state index contributed by atoms with van der Waals surface area (Å²) in [7, 11) is 0. The van der Waals surface area contributed by atoms with Crippen molar-refractivity contribution in [3.05, 3.63) is 57.2 Å². The van der Waals surface area contributed by atoms with Crippen molar-refractivity contribution in [1.29, 1.82) is 0 Å². The van der Waals surface area contributed by atoms with E-state index < -0.39 is 6.10 Å². The SMILES string of the molecule is OC(c1ccc(Cl)s1)C1(c2ccccc2)CC1. The second-order valence-corrected chi connectivity index (χ2v) is 6.31. The Labute approximate surface area is 110 Å². The minimum atomic E-state index is -0.428. The van der Waals surface area contributed by atoms with Crippen LogP contribution >= 0.6 is 22.9 Å². The summed E-state index contributed by atoms with van der Waals surface area (Å²) in [5.74, 6) is 0. The molecule has 0 spiro atoms. The smallest absolute Gasteiger partial charge is 0.0978 e. The molecule has 1 fully saturated rings. The van der Waals surface area contributed by atoms with Crippen LogP contribution in [0.2, 0.25) is 4.34 Å². The summed E-state index contributed by atoms with van der Waals surface area (Å²) in [4.78, 5) is 0.969. The highest BCUT2D eigenvalue weighted by atomic mass is 35.5. The molecule has 0 saturated heterocycles. The van der Waals surface area contributed by atoms with Crippen LogP contribution in [0.5, 0.6) is 0 Å². The van der Waals surface area contributed by atoms with Crippen molar-refractivity contribution in [2.75, 3.05) is 0 Å². The van der Waals surface area contributed by atoms with Crippen LogP contribution in [0.4, 0.5) is 0 Å². The first-order valence-electron chi connectivity index (χ1n) is 5.71. The zero-order valence-corrected chi connectivity index (χ0v) is 10.8. The van der Waals surface area contributed by atoms with Crippen LogP contribution in [0.25, 0.3) is 0 Å². The molecule has 1 aliphatic rings. The van der Waals surface area contributed by atoms with Crippen molar-refractivity contribution in [3.8, 4) is 0 Å². The van der Waals surface area contributed by atoms with Gasteiger partial charge in [-0.25, -0.2) is 0 Å². The Morgan fingerprint density at radius 3 is 2.35 bits per heavy atom. The highest BCUT2D eigenvalue weighted by Gasteiger charge is 2.51. The average molecular weight is 265 g/mol. The zero-order chi connectivity index (χ0) is 11.9. The molecule has 88 valence electrons. The monoisotopic (exact) mass is 264 g/mol. The fraction of sp³-hybridized carbons (Fsp3) is 0.286. The third kappa shape index (κ3) is 1.90. The Kier molecular flexibility index (Phi) is 2.74. The van der Waals surface area contributed by atoms with E-state index in [2.05, 4.69) is 12.1 Å². The van der Waals surface area contributed by atoms with E-state index in [1.54, 1.807) is 0 Å². The maximum Gasteiger partial charge on any atom is 0.0978 e. The number of aliphatic hydroxyl groups excluding tert-OH is 1. The second-order valence-electron chi connectivity index (χ2n) is 4.57. The molecule has 1 unspecified atom stereocenters. The van der Waals surface area contributed by atoms with Crippen molar-refractivity contribution in [2.24, 2.45) is 0 Å². The number of hydrogen-bond donors (Lipinski definition) is 1. The molecule has 1 aliphatic carbocycles. The van der Waals surface area contributed by atoms with Gasteiger partial charge in [0.25, 0.3) is 0 Å². The van der Waals surface area contributed by atoms with Gasteiger partial charge in [-0.05, 0) is 30.5 Å². The summed E-state index contributed by atoms with van der Waals surface area (Å²) in [6.45, 7) is 0. The predicted octanol–water partition coefficient (Wildman–Crippen LogP) is 4.17. The largest absolute Gasteiger partial charge is 0.387 e. The average Bonchev–Trinajstić information content (AvgIpc) is 3.07. The van der Waals surface area contributed by atoms with Crippen LogP contribution in [0.3, 0.4) is 0 Å². The lowest BCUT2D eigenvalue weighted by molar-refractivity contribution is 0.136. The Bertz CT molecular complexity index is 516. The topological polar surface area (TPSA) is 20.2 Å². The molecular weight excluding hydrogens is 252 g/mol. The van der Waals surface area contributed by atoms with Gasteiger partial charge in [0, 0.05) is 10.3 Å². The minimum Gasteiger partial charge on any atom is -0.387 e. The zero-order valence-electron chi connectivity index (χ0n) is 9.27.